The number of carbonyl (C=O) groups excluding carboxylic acids is 1. The van der Waals surface area contributed by atoms with Gasteiger partial charge in [0, 0.05) is 25.5 Å². The number of rotatable bonds is 6. The van der Waals surface area contributed by atoms with Crippen molar-refractivity contribution in [3.8, 4) is 0 Å². The summed E-state index contributed by atoms with van der Waals surface area (Å²) in [6.07, 6.45) is 0. The minimum absolute atomic E-state index is 0.187. The van der Waals surface area contributed by atoms with E-state index in [1.54, 1.807) is 4.68 Å². The number of hydrogen-bond acceptors (Lipinski definition) is 4. The molecule has 0 aliphatic heterocycles. The molecule has 0 spiro atoms. The smallest absolute Gasteiger partial charge is 0.272 e. The molecular weight excluding hydrogens is 244 g/mol. The number of amides is 1. The fraction of sp³-hybridized carbons (Fsp3) is 0.385. The van der Waals surface area contributed by atoms with Gasteiger partial charge in [0.05, 0.1) is 18.7 Å². The summed E-state index contributed by atoms with van der Waals surface area (Å²) in [5, 5.41) is 7.88. The van der Waals surface area contributed by atoms with Crippen LogP contribution in [0.1, 0.15) is 10.5 Å². The first kappa shape index (κ1) is 13.5. The molecular formula is C13H18N4O2. The van der Waals surface area contributed by atoms with Crippen LogP contribution in [0.4, 0.5) is 0 Å². The summed E-state index contributed by atoms with van der Waals surface area (Å²) in [6.45, 7) is 1.89. The molecule has 0 aliphatic carbocycles. The van der Waals surface area contributed by atoms with Crippen LogP contribution in [0.15, 0.2) is 24.3 Å². The Hall–Kier alpha value is -1.92. The van der Waals surface area contributed by atoms with E-state index in [0.717, 1.165) is 10.9 Å². The first-order valence-corrected chi connectivity index (χ1v) is 6.22. The van der Waals surface area contributed by atoms with E-state index in [0.29, 0.717) is 32.0 Å². The van der Waals surface area contributed by atoms with Gasteiger partial charge in [-0.1, -0.05) is 18.2 Å². The van der Waals surface area contributed by atoms with Crippen molar-refractivity contribution in [2.24, 2.45) is 12.8 Å². The van der Waals surface area contributed by atoms with Crippen LogP contribution in [0.2, 0.25) is 0 Å². The van der Waals surface area contributed by atoms with Crippen LogP contribution in [0.25, 0.3) is 10.9 Å². The number of aryl methyl sites for hydroxylation is 1. The number of fused-ring (bicyclic) bond motifs is 1. The zero-order valence-electron chi connectivity index (χ0n) is 10.9. The molecule has 6 nitrogen and oxygen atoms in total. The molecule has 0 saturated heterocycles. The van der Waals surface area contributed by atoms with Gasteiger partial charge in [-0.2, -0.15) is 5.10 Å². The Morgan fingerprint density at radius 2 is 2.21 bits per heavy atom. The molecule has 102 valence electrons. The highest BCUT2D eigenvalue weighted by Crippen LogP contribution is 2.16. The number of aromatic nitrogens is 2. The second kappa shape index (κ2) is 6.31. The molecule has 1 aromatic heterocycles. The van der Waals surface area contributed by atoms with Crippen LogP contribution < -0.4 is 11.1 Å². The Labute approximate surface area is 111 Å². The highest BCUT2D eigenvalue weighted by Gasteiger charge is 2.14. The molecule has 2 aromatic rings. The molecule has 2 rings (SSSR count). The van der Waals surface area contributed by atoms with E-state index in [1.807, 2.05) is 31.3 Å². The van der Waals surface area contributed by atoms with Crippen LogP contribution in [0, 0.1) is 0 Å². The second-order valence-electron chi connectivity index (χ2n) is 4.15. The summed E-state index contributed by atoms with van der Waals surface area (Å²) in [5.41, 5.74) is 6.68. The summed E-state index contributed by atoms with van der Waals surface area (Å²) >= 11 is 0. The van der Waals surface area contributed by atoms with Gasteiger partial charge >= 0.3 is 0 Å². The van der Waals surface area contributed by atoms with Gasteiger partial charge in [0.25, 0.3) is 5.91 Å². The highest BCUT2D eigenvalue weighted by atomic mass is 16.5. The van der Waals surface area contributed by atoms with Crippen LogP contribution in [-0.2, 0) is 11.8 Å². The van der Waals surface area contributed by atoms with Gasteiger partial charge in [0.1, 0.15) is 0 Å². The number of hydrogen-bond donors (Lipinski definition) is 2. The molecule has 6 heteroatoms. The molecule has 0 aliphatic rings. The maximum absolute atomic E-state index is 12.0. The van der Waals surface area contributed by atoms with Gasteiger partial charge in [0.15, 0.2) is 5.69 Å². The summed E-state index contributed by atoms with van der Waals surface area (Å²) < 4.78 is 6.90. The lowest BCUT2D eigenvalue weighted by molar-refractivity contribution is 0.0916. The lowest BCUT2D eigenvalue weighted by Gasteiger charge is -2.04. The lowest BCUT2D eigenvalue weighted by Crippen LogP contribution is -2.28. The van der Waals surface area contributed by atoms with Crippen LogP contribution in [0.3, 0.4) is 0 Å². The summed E-state index contributed by atoms with van der Waals surface area (Å²) in [6, 6.07) is 7.64. The number of nitrogens with one attached hydrogen (secondary N) is 1. The quantitative estimate of drug-likeness (QED) is 0.732. The van der Waals surface area contributed by atoms with E-state index >= 15 is 0 Å². The van der Waals surface area contributed by atoms with Crippen molar-refractivity contribution in [1.82, 2.24) is 15.1 Å². The van der Waals surface area contributed by atoms with Gasteiger partial charge < -0.3 is 15.8 Å². The number of nitrogens with two attached hydrogens (primary N) is 1. The molecule has 3 N–H and O–H groups in total. The minimum Gasteiger partial charge on any atom is -0.378 e. The first-order valence-electron chi connectivity index (χ1n) is 6.22. The fourth-order valence-corrected chi connectivity index (χ4v) is 1.89. The zero-order valence-corrected chi connectivity index (χ0v) is 10.9. The topological polar surface area (TPSA) is 82.2 Å². The monoisotopic (exact) mass is 262 g/mol. The van der Waals surface area contributed by atoms with E-state index in [9.17, 15) is 4.79 Å². The standard InChI is InChI=1S/C13H18N4O2/c1-17-11-5-3-2-4-10(11)12(16-17)13(18)15-7-9-19-8-6-14/h2-5H,6-9,14H2,1H3,(H,15,18). The van der Waals surface area contributed by atoms with Crippen molar-refractivity contribution in [3.05, 3.63) is 30.0 Å². The summed E-state index contributed by atoms with van der Waals surface area (Å²) in [7, 11) is 1.82. The third-order valence-electron chi connectivity index (χ3n) is 2.77. The van der Waals surface area contributed by atoms with Crippen molar-refractivity contribution in [3.63, 3.8) is 0 Å². The number of para-hydroxylation sites is 1. The fourth-order valence-electron chi connectivity index (χ4n) is 1.89. The molecule has 1 aromatic carbocycles. The number of carbonyl (C=O) groups is 1. The maximum Gasteiger partial charge on any atom is 0.272 e. The zero-order chi connectivity index (χ0) is 13.7. The number of nitrogens with zero attached hydrogens (tertiary/aromatic N) is 2. The number of ether oxygens (including phenoxy) is 1. The van der Waals surface area contributed by atoms with Crippen molar-refractivity contribution in [1.29, 1.82) is 0 Å². The van der Waals surface area contributed by atoms with Crippen molar-refractivity contribution in [2.75, 3.05) is 26.3 Å². The molecule has 0 radical (unpaired) electrons. The average molecular weight is 262 g/mol. The molecule has 19 heavy (non-hydrogen) atoms. The Morgan fingerprint density at radius 3 is 3.00 bits per heavy atom. The first-order chi connectivity index (χ1) is 9.24. The van der Waals surface area contributed by atoms with E-state index < -0.39 is 0 Å². The van der Waals surface area contributed by atoms with Crippen molar-refractivity contribution < 1.29 is 9.53 Å². The number of benzene rings is 1. The minimum atomic E-state index is -0.187. The van der Waals surface area contributed by atoms with E-state index in [2.05, 4.69) is 10.4 Å². The Balaban J connectivity index is 2.01. The van der Waals surface area contributed by atoms with Gasteiger partial charge in [0.2, 0.25) is 0 Å². The van der Waals surface area contributed by atoms with Crippen LogP contribution in [-0.4, -0.2) is 42.0 Å². The molecule has 0 fully saturated rings. The van der Waals surface area contributed by atoms with E-state index in [-0.39, 0.29) is 5.91 Å². The summed E-state index contributed by atoms with van der Waals surface area (Å²) in [5.74, 6) is -0.187. The lowest BCUT2D eigenvalue weighted by atomic mass is 10.2. The second-order valence-corrected chi connectivity index (χ2v) is 4.15. The van der Waals surface area contributed by atoms with Gasteiger partial charge in [-0.15, -0.1) is 0 Å². The third kappa shape index (κ3) is 3.10. The molecule has 0 unspecified atom stereocenters. The normalized spacial score (nSPS) is 10.8. The largest absolute Gasteiger partial charge is 0.378 e. The predicted octanol–water partition coefficient (Wildman–Crippen LogP) is 0.278. The van der Waals surface area contributed by atoms with Gasteiger partial charge in [-0.25, -0.2) is 0 Å². The average Bonchev–Trinajstić information content (AvgIpc) is 2.76. The summed E-state index contributed by atoms with van der Waals surface area (Å²) in [4.78, 5) is 12.0. The highest BCUT2D eigenvalue weighted by molar-refractivity contribution is 6.04. The SMILES string of the molecule is Cn1nc(C(=O)NCCOCCN)c2ccccc21. The van der Waals surface area contributed by atoms with E-state index in [1.165, 1.54) is 0 Å². The van der Waals surface area contributed by atoms with Gasteiger partial charge in [-0.05, 0) is 6.07 Å². The molecule has 1 amide bonds. The molecule has 0 saturated carbocycles. The maximum atomic E-state index is 12.0. The Morgan fingerprint density at radius 1 is 1.42 bits per heavy atom. The Bertz CT molecular complexity index is 565. The molecule has 0 bridgehead atoms. The van der Waals surface area contributed by atoms with Gasteiger partial charge in [-0.3, -0.25) is 9.48 Å². The van der Waals surface area contributed by atoms with Crippen LogP contribution in [0.5, 0.6) is 0 Å². The Kier molecular flexibility index (Phi) is 4.48. The van der Waals surface area contributed by atoms with E-state index in [4.69, 9.17) is 10.5 Å². The predicted molar refractivity (Wildman–Crippen MR) is 72.9 cm³/mol. The third-order valence-corrected chi connectivity index (χ3v) is 2.77. The molecule has 1 heterocycles. The van der Waals surface area contributed by atoms with Crippen molar-refractivity contribution >= 4 is 16.8 Å². The molecule has 0 atom stereocenters. The van der Waals surface area contributed by atoms with Crippen LogP contribution >= 0.6 is 0 Å². The van der Waals surface area contributed by atoms with Crippen molar-refractivity contribution in [2.45, 2.75) is 0 Å².